The third kappa shape index (κ3) is 3.82. The summed E-state index contributed by atoms with van der Waals surface area (Å²) in [5, 5.41) is 0. The molecule has 104 valence electrons. The number of carbonyl (C=O) groups excluding carboxylic acids is 1. The number of rotatable bonds is 4. The van der Waals surface area contributed by atoms with Gasteiger partial charge in [0.15, 0.2) is 0 Å². The lowest BCUT2D eigenvalue weighted by Gasteiger charge is -2.33. The van der Waals surface area contributed by atoms with Crippen molar-refractivity contribution in [2.24, 2.45) is 5.92 Å². The summed E-state index contributed by atoms with van der Waals surface area (Å²) >= 11 is 0. The zero-order valence-electron chi connectivity index (χ0n) is 12.1. The number of likely N-dealkylation sites (tertiary alicyclic amines) is 1. The van der Waals surface area contributed by atoms with E-state index in [-0.39, 0.29) is 0 Å². The SMILES string of the molecule is CCC1CCCN(C(=O)CC(C)c2ccccc2)C1. The van der Waals surface area contributed by atoms with Crippen molar-refractivity contribution < 1.29 is 4.79 Å². The fourth-order valence-electron chi connectivity index (χ4n) is 2.92. The molecule has 0 saturated carbocycles. The number of hydrogen-bond acceptors (Lipinski definition) is 1. The van der Waals surface area contributed by atoms with Gasteiger partial charge in [0.05, 0.1) is 0 Å². The summed E-state index contributed by atoms with van der Waals surface area (Å²) in [6, 6.07) is 10.3. The second-order valence-electron chi connectivity index (χ2n) is 5.77. The molecule has 0 N–H and O–H groups in total. The van der Waals surface area contributed by atoms with Gasteiger partial charge in [0.1, 0.15) is 0 Å². The zero-order valence-corrected chi connectivity index (χ0v) is 12.1. The number of nitrogens with zero attached hydrogens (tertiary/aromatic N) is 1. The van der Waals surface area contributed by atoms with E-state index in [4.69, 9.17) is 0 Å². The Morgan fingerprint density at radius 3 is 2.79 bits per heavy atom. The van der Waals surface area contributed by atoms with Gasteiger partial charge in [-0.25, -0.2) is 0 Å². The number of amides is 1. The van der Waals surface area contributed by atoms with Crippen molar-refractivity contribution in [1.82, 2.24) is 4.90 Å². The molecule has 2 heteroatoms. The number of piperidine rings is 1. The smallest absolute Gasteiger partial charge is 0.223 e. The third-order valence-corrected chi connectivity index (χ3v) is 4.30. The number of carbonyl (C=O) groups is 1. The first-order valence-corrected chi connectivity index (χ1v) is 7.53. The Labute approximate surface area is 116 Å². The molecule has 1 amide bonds. The Morgan fingerprint density at radius 1 is 1.37 bits per heavy atom. The van der Waals surface area contributed by atoms with Crippen LogP contribution in [0.3, 0.4) is 0 Å². The highest BCUT2D eigenvalue weighted by molar-refractivity contribution is 5.77. The van der Waals surface area contributed by atoms with Crippen molar-refractivity contribution in [3.05, 3.63) is 35.9 Å². The van der Waals surface area contributed by atoms with Crippen LogP contribution in [-0.2, 0) is 4.79 Å². The van der Waals surface area contributed by atoms with Gasteiger partial charge in [0.2, 0.25) is 5.91 Å². The Bertz CT molecular complexity index is 401. The Hall–Kier alpha value is -1.31. The van der Waals surface area contributed by atoms with Gasteiger partial charge in [-0.05, 0) is 30.2 Å². The minimum atomic E-state index is 0.315. The van der Waals surface area contributed by atoms with Gasteiger partial charge in [-0.3, -0.25) is 4.79 Å². The van der Waals surface area contributed by atoms with E-state index in [0.717, 1.165) is 13.1 Å². The molecule has 2 nitrogen and oxygen atoms in total. The first-order chi connectivity index (χ1) is 9.20. The fraction of sp³-hybridized carbons (Fsp3) is 0.588. The minimum absolute atomic E-state index is 0.315. The monoisotopic (exact) mass is 259 g/mol. The quantitative estimate of drug-likeness (QED) is 0.804. The molecule has 0 radical (unpaired) electrons. The van der Waals surface area contributed by atoms with Gasteiger partial charge >= 0.3 is 0 Å². The molecular weight excluding hydrogens is 234 g/mol. The van der Waals surface area contributed by atoms with Gasteiger partial charge in [-0.2, -0.15) is 0 Å². The van der Waals surface area contributed by atoms with Crippen molar-refractivity contribution in [3.63, 3.8) is 0 Å². The van der Waals surface area contributed by atoms with Crippen LogP contribution >= 0.6 is 0 Å². The summed E-state index contributed by atoms with van der Waals surface area (Å²) in [7, 11) is 0. The van der Waals surface area contributed by atoms with Crippen molar-refractivity contribution in [1.29, 1.82) is 0 Å². The molecule has 0 aromatic heterocycles. The lowest BCUT2D eigenvalue weighted by Crippen LogP contribution is -2.40. The Kier molecular flexibility index (Phi) is 5.00. The zero-order chi connectivity index (χ0) is 13.7. The predicted octanol–water partition coefficient (Wildman–Crippen LogP) is 3.83. The molecule has 1 aromatic carbocycles. The summed E-state index contributed by atoms with van der Waals surface area (Å²) in [6.07, 6.45) is 4.29. The van der Waals surface area contributed by atoms with Crippen molar-refractivity contribution >= 4 is 5.91 Å². The van der Waals surface area contributed by atoms with Crippen LogP contribution in [0.2, 0.25) is 0 Å². The van der Waals surface area contributed by atoms with Crippen LogP contribution in [0.15, 0.2) is 30.3 Å². The standard InChI is InChI=1S/C17H25NO/c1-3-15-8-7-11-18(13-15)17(19)12-14(2)16-9-5-4-6-10-16/h4-6,9-10,14-15H,3,7-8,11-13H2,1-2H3. The highest BCUT2D eigenvalue weighted by Gasteiger charge is 2.23. The Morgan fingerprint density at radius 2 is 2.11 bits per heavy atom. The normalized spacial score (nSPS) is 21.2. The van der Waals surface area contributed by atoms with Crippen LogP contribution in [0.5, 0.6) is 0 Å². The lowest BCUT2D eigenvalue weighted by molar-refractivity contribution is -0.133. The molecule has 0 spiro atoms. The van der Waals surface area contributed by atoms with E-state index in [9.17, 15) is 4.79 Å². The molecular formula is C17H25NO. The molecule has 19 heavy (non-hydrogen) atoms. The summed E-state index contributed by atoms with van der Waals surface area (Å²) in [5.41, 5.74) is 1.26. The van der Waals surface area contributed by atoms with Crippen LogP contribution in [0.4, 0.5) is 0 Å². The summed E-state index contributed by atoms with van der Waals surface area (Å²) < 4.78 is 0. The van der Waals surface area contributed by atoms with Gasteiger partial charge in [0.25, 0.3) is 0 Å². The van der Waals surface area contributed by atoms with Crippen molar-refractivity contribution in [2.75, 3.05) is 13.1 Å². The average Bonchev–Trinajstić information content (AvgIpc) is 2.48. The van der Waals surface area contributed by atoms with Crippen LogP contribution in [-0.4, -0.2) is 23.9 Å². The van der Waals surface area contributed by atoms with Gasteiger partial charge in [-0.15, -0.1) is 0 Å². The largest absolute Gasteiger partial charge is 0.342 e. The molecule has 1 saturated heterocycles. The highest BCUT2D eigenvalue weighted by atomic mass is 16.2. The lowest BCUT2D eigenvalue weighted by atomic mass is 9.93. The summed E-state index contributed by atoms with van der Waals surface area (Å²) in [6.45, 7) is 6.30. The van der Waals surface area contributed by atoms with Crippen molar-refractivity contribution in [3.8, 4) is 0 Å². The molecule has 2 unspecified atom stereocenters. The van der Waals surface area contributed by atoms with E-state index in [1.165, 1.54) is 24.8 Å². The maximum absolute atomic E-state index is 12.4. The maximum Gasteiger partial charge on any atom is 0.223 e. The van der Waals surface area contributed by atoms with E-state index < -0.39 is 0 Å². The van der Waals surface area contributed by atoms with Crippen LogP contribution in [0.1, 0.15) is 51.0 Å². The van der Waals surface area contributed by atoms with Gasteiger partial charge in [0, 0.05) is 19.5 Å². The molecule has 0 bridgehead atoms. The Balaban J connectivity index is 1.90. The third-order valence-electron chi connectivity index (χ3n) is 4.30. The molecule has 1 aliphatic heterocycles. The summed E-state index contributed by atoms with van der Waals surface area (Å²) in [4.78, 5) is 14.4. The van der Waals surface area contributed by atoms with Gasteiger partial charge < -0.3 is 4.90 Å². The minimum Gasteiger partial charge on any atom is -0.342 e. The fourth-order valence-corrected chi connectivity index (χ4v) is 2.92. The first-order valence-electron chi connectivity index (χ1n) is 7.53. The first kappa shape index (κ1) is 14.1. The van der Waals surface area contributed by atoms with E-state index in [1.807, 2.05) is 18.2 Å². The molecule has 1 aliphatic rings. The number of benzene rings is 1. The predicted molar refractivity (Wildman–Crippen MR) is 79.1 cm³/mol. The van der Waals surface area contributed by atoms with Crippen LogP contribution in [0.25, 0.3) is 0 Å². The van der Waals surface area contributed by atoms with E-state index in [0.29, 0.717) is 24.2 Å². The summed E-state index contributed by atoms with van der Waals surface area (Å²) in [5.74, 6) is 1.36. The molecule has 1 heterocycles. The maximum atomic E-state index is 12.4. The molecule has 0 aliphatic carbocycles. The van der Waals surface area contributed by atoms with E-state index >= 15 is 0 Å². The highest BCUT2D eigenvalue weighted by Crippen LogP contribution is 2.23. The van der Waals surface area contributed by atoms with Crippen LogP contribution in [0, 0.1) is 5.92 Å². The number of hydrogen-bond donors (Lipinski definition) is 0. The second kappa shape index (κ2) is 6.74. The van der Waals surface area contributed by atoms with Crippen LogP contribution < -0.4 is 0 Å². The molecule has 2 atom stereocenters. The van der Waals surface area contributed by atoms with Crippen molar-refractivity contribution in [2.45, 2.75) is 45.4 Å². The average molecular weight is 259 g/mol. The van der Waals surface area contributed by atoms with Gasteiger partial charge in [-0.1, -0.05) is 50.6 Å². The molecule has 1 aromatic rings. The van der Waals surface area contributed by atoms with E-state index in [1.54, 1.807) is 0 Å². The topological polar surface area (TPSA) is 20.3 Å². The molecule has 1 fully saturated rings. The van der Waals surface area contributed by atoms with E-state index in [2.05, 4.69) is 30.9 Å². The molecule has 2 rings (SSSR count). The second-order valence-corrected chi connectivity index (χ2v) is 5.77.